The van der Waals surface area contributed by atoms with Gasteiger partial charge >= 0.3 is 6.18 Å². The van der Waals surface area contributed by atoms with Crippen LogP contribution in [0.1, 0.15) is 39.3 Å². The first-order valence-electron chi connectivity index (χ1n) is 7.02. The van der Waals surface area contributed by atoms with E-state index in [1.165, 1.54) is 18.3 Å². The zero-order valence-electron chi connectivity index (χ0n) is 11.9. The van der Waals surface area contributed by atoms with E-state index in [2.05, 4.69) is 20.7 Å². The molecule has 0 saturated heterocycles. The summed E-state index contributed by atoms with van der Waals surface area (Å²) in [6.45, 7) is 0. The van der Waals surface area contributed by atoms with Gasteiger partial charge in [-0.3, -0.25) is 9.89 Å². The average molecular weight is 322 g/mol. The molecule has 0 saturated carbocycles. The third-order valence-corrected chi connectivity index (χ3v) is 3.64. The predicted molar refractivity (Wildman–Crippen MR) is 77.1 cm³/mol. The van der Waals surface area contributed by atoms with Gasteiger partial charge in [0.25, 0.3) is 5.91 Å². The van der Waals surface area contributed by atoms with Crippen LogP contribution in [0.25, 0.3) is 0 Å². The summed E-state index contributed by atoms with van der Waals surface area (Å²) in [5, 5.41) is 10.5. The molecule has 23 heavy (non-hydrogen) atoms. The molecule has 0 bridgehead atoms. The molecule has 1 aliphatic rings. The second-order valence-corrected chi connectivity index (χ2v) is 5.20. The lowest BCUT2D eigenvalue weighted by Crippen LogP contribution is -2.19. The maximum Gasteiger partial charge on any atom is 0.416 e. The quantitative estimate of drug-likeness (QED) is 0.674. The smallest absolute Gasteiger partial charge is 0.281 e. The highest BCUT2D eigenvalue weighted by Crippen LogP contribution is 2.28. The van der Waals surface area contributed by atoms with E-state index in [9.17, 15) is 18.0 Å². The van der Waals surface area contributed by atoms with Crippen LogP contribution in [0.5, 0.6) is 0 Å². The van der Waals surface area contributed by atoms with Gasteiger partial charge in [-0.05, 0) is 37.0 Å². The highest BCUT2D eigenvalue weighted by molar-refractivity contribution is 5.94. The average Bonchev–Trinajstić information content (AvgIpc) is 3.09. The molecule has 1 aliphatic carbocycles. The molecule has 2 aromatic rings. The number of hydrogen-bond acceptors (Lipinski definition) is 3. The number of alkyl halides is 3. The summed E-state index contributed by atoms with van der Waals surface area (Å²) in [6, 6.07) is 4.49. The number of benzene rings is 1. The van der Waals surface area contributed by atoms with Crippen molar-refractivity contribution in [1.29, 1.82) is 0 Å². The Morgan fingerprint density at radius 3 is 2.70 bits per heavy atom. The van der Waals surface area contributed by atoms with Crippen LogP contribution in [-0.2, 0) is 19.0 Å². The highest BCUT2D eigenvalue weighted by Gasteiger charge is 2.29. The van der Waals surface area contributed by atoms with E-state index in [0.717, 1.165) is 42.7 Å². The van der Waals surface area contributed by atoms with Crippen LogP contribution in [0.4, 0.5) is 13.2 Å². The van der Waals surface area contributed by atoms with E-state index in [4.69, 9.17) is 0 Å². The summed E-state index contributed by atoms with van der Waals surface area (Å²) in [5.74, 6) is -0.437. The molecule has 8 heteroatoms. The Bertz CT molecular complexity index is 747. The number of hydrazone groups is 1. The fourth-order valence-electron chi connectivity index (χ4n) is 2.48. The molecule has 0 spiro atoms. The van der Waals surface area contributed by atoms with Crippen molar-refractivity contribution in [2.24, 2.45) is 5.10 Å². The molecule has 0 radical (unpaired) electrons. The van der Waals surface area contributed by atoms with Gasteiger partial charge in [0.1, 0.15) is 0 Å². The third kappa shape index (κ3) is 3.25. The first-order valence-corrected chi connectivity index (χ1v) is 7.02. The van der Waals surface area contributed by atoms with Crippen LogP contribution in [0, 0.1) is 0 Å². The van der Waals surface area contributed by atoms with Gasteiger partial charge in [-0.25, -0.2) is 5.43 Å². The largest absolute Gasteiger partial charge is 0.416 e. The first-order chi connectivity index (χ1) is 10.9. The molecule has 0 aliphatic heterocycles. The fraction of sp³-hybridized carbons (Fsp3) is 0.267. The van der Waals surface area contributed by atoms with Crippen molar-refractivity contribution in [2.45, 2.75) is 25.4 Å². The molecular weight excluding hydrogens is 309 g/mol. The number of carbonyl (C=O) groups is 1. The topological polar surface area (TPSA) is 70.1 Å². The first kappa shape index (κ1) is 15.3. The van der Waals surface area contributed by atoms with Crippen LogP contribution < -0.4 is 5.43 Å². The number of aryl methyl sites for hydroxylation is 1. The van der Waals surface area contributed by atoms with Crippen LogP contribution in [0.15, 0.2) is 29.4 Å². The van der Waals surface area contributed by atoms with E-state index in [0.29, 0.717) is 11.3 Å². The van der Waals surface area contributed by atoms with Gasteiger partial charge in [-0.1, -0.05) is 12.1 Å². The van der Waals surface area contributed by atoms with Gasteiger partial charge in [-0.15, -0.1) is 0 Å². The van der Waals surface area contributed by atoms with Gasteiger partial charge < -0.3 is 0 Å². The third-order valence-electron chi connectivity index (χ3n) is 3.64. The normalized spacial score (nSPS) is 14.2. The lowest BCUT2D eigenvalue weighted by molar-refractivity contribution is -0.137. The Morgan fingerprint density at radius 2 is 2.00 bits per heavy atom. The second-order valence-electron chi connectivity index (χ2n) is 5.20. The van der Waals surface area contributed by atoms with Crippen molar-refractivity contribution < 1.29 is 18.0 Å². The number of rotatable bonds is 3. The van der Waals surface area contributed by atoms with Gasteiger partial charge in [-0.2, -0.15) is 23.4 Å². The monoisotopic (exact) mass is 322 g/mol. The number of H-pyrrole nitrogens is 1. The molecule has 0 unspecified atom stereocenters. The molecule has 0 atom stereocenters. The molecule has 2 N–H and O–H groups in total. The summed E-state index contributed by atoms with van der Waals surface area (Å²) in [7, 11) is 0. The van der Waals surface area contributed by atoms with Gasteiger partial charge in [0, 0.05) is 11.3 Å². The summed E-state index contributed by atoms with van der Waals surface area (Å²) in [5.41, 5.74) is 4.26. The lowest BCUT2D eigenvalue weighted by Gasteiger charge is -2.05. The summed E-state index contributed by atoms with van der Waals surface area (Å²) < 4.78 is 37.3. The Kier molecular flexibility index (Phi) is 3.89. The second kappa shape index (κ2) is 5.86. The number of carbonyl (C=O) groups excluding carboxylic acids is 1. The Hall–Kier alpha value is -2.64. The predicted octanol–water partition coefficient (Wildman–Crippen LogP) is 2.68. The SMILES string of the molecule is O=C(NN=Cc1ccc(C(F)(F)F)cc1)c1n[nH]c2c1CCC2. The minimum atomic E-state index is -4.37. The van der Waals surface area contributed by atoms with E-state index < -0.39 is 17.6 Å². The molecular formula is C15H13F3N4O. The lowest BCUT2D eigenvalue weighted by atomic mass is 10.1. The fourth-order valence-corrected chi connectivity index (χ4v) is 2.48. The van der Waals surface area contributed by atoms with Crippen molar-refractivity contribution in [3.63, 3.8) is 0 Å². The van der Waals surface area contributed by atoms with Gasteiger partial charge in [0.2, 0.25) is 0 Å². The Morgan fingerprint density at radius 1 is 1.26 bits per heavy atom. The molecule has 1 amide bonds. The molecule has 120 valence electrons. The molecule has 0 fully saturated rings. The van der Waals surface area contributed by atoms with Gasteiger partial charge in [0.05, 0.1) is 11.8 Å². The minimum Gasteiger partial charge on any atom is -0.281 e. The van der Waals surface area contributed by atoms with Crippen molar-refractivity contribution >= 4 is 12.1 Å². The standard InChI is InChI=1S/C15H13F3N4O/c16-15(17,18)10-6-4-9(5-7-10)8-19-22-14(23)13-11-2-1-3-12(11)20-21-13/h4-8H,1-3H2,(H,20,21)(H,22,23). The summed E-state index contributed by atoms with van der Waals surface area (Å²) in [6.07, 6.45) is -0.421. The molecule has 1 heterocycles. The molecule has 3 rings (SSSR count). The molecule has 1 aromatic heterocycles. The number of nitrogens with zero attached hydrogens (tertiary/aromatic N) is 2. The van der Waals surface area contributed by atoms with Crippen LogP contribution >= 0.6 is 0 Å². The number of fused-ring (bicyclic) bond motifs is 1. The van der Waals surface area contributed by atoms with E-state index in [1.54, 1.807) is 0 Å². The maximum atomic E-state index is 12.4. The van der Waals surface area contributed by atoms with Crippen LogP contribution in [0.3, 0.4) is 0 Å². The van der Waals surface area contributed by atoms with Crippen molar-refractivity contribution in [3.8, 4) is 0 Å². The van der Waals surface area contributed by atoms with E-state index in [-0.39, 0.29) is 0 Å². The molecule has 1 aromatic carbocycles. The van der Waals surface area contributed by atoms with Crippen molar-refractivity contribution in [3.05, 3.63) is 52.3 Å². The van der Waals surface area contributed by atoms with Crippen molar-refractivity contribution in [2.75, 3.05) is 0 Å². The molecule has 5 nitrogen and oxygen atoms in total. The highest BCUT2D eigenvalue weighted by atomic mass is 19.4. The number of aromatic nitrogens is 2. The number of hydrogen-bond donors (Lipinski definition) is 2. The van der Waals surface area contributed by atoms with E-state index >= 15 is 0 Å². The van der Waals surface area contributed by atoms with Gasteiger partial charge in [0.15, 0.2) is 5.69 Å². The Labute approximate surface area is 129 Å². The Balaban J connectivity index is 1.63. The number of halogens is 3. The summed E-state index contributed by atoms with van der Waals surface area (Å²) in [4.78, 5) is 12.0. The van der Waals surface area contributed by atoms with Crippen molar-refractivity contribution in [1.82, 2.24) is 15.6 Å². The number of nitrogens with one attached hydrogen (secondary N) is 2. The number of aromatic amines is 1. The minimum absolute atomic E-state index is 0.321. The van der Waals surface area contributed by atoms with Crippen LogP contribution in [-0.4, -0.2) is 22.3 Å². The number of amides is 1. The zero-order valence-corrected chi connectivity index (χ0v) is 11.9. The maximum absolute atomic E-state index is 12.4. The summed E-state index contributed by atoms with van der Waals surface area (Å²) >= 11 is 0. The zero-order chi connectivity index (χ0) is 16.4. The van der Waals surface area contributed by atoms with Crippen LogP contribution in [0.2, 0.25) is 0 Å². The van der Waals surface area contributed by atoms with E-state index in [1.807, 2.05) is 0 Å².